The molecule has 2 heterocycles. The van der Waals surface area contributed by atoms with Crippen LogP contribution in [0.5, 0.6) is 0 Å². The standard InChI is InChI=1S/C19H22ClN3O2/c20-15-5-3-14(4-6-15)9-10-21-19(24)18-8-7-16(12-23-18)22-13-17-2-1-11-25-17/h3-8,12,17,22H,1-2,9-11,13H2,(H,21,24). The van der Waals surface area contributed by atoms with E-state index in [0.717, 1.165) is 43.7 Å². The van der Waals surface area contributed by atoms with Crippen LogP contribution in [0.3, 0.4) is 0 Å². The van der Waals surface area contributed by atoms with E-state index in [9.17, 15) is 4.79 Å². The molecule has 0 spiro atoms. The third-order valence-corrected chi connectivity index (χ3v) is 4.42. The highest BCUT2D eigenvalue weighted by atomic mass is 35.5. The molecule has 0 saturated carbocycles. The maximum Gasteiger partial charge on any atom is 0.269 e. The highest BCUT2D eigenvalue weighted by molar-refractivity contribution is 6.30. The van der Waals surface area contributed by atoms with Crippen molar-refractivity contribution in [1.82, 2.24) is 10.3 Å². The predicted octanol–water partition coefficient (Wildman–Crippen LogP) is 3.30. The SMILES string of the molecule is O=C(NCCc1ccc(Cl)cc1)c1ccc(NCC2CCCO2)cn1. The lowest BCUT2D eigenvalue weighted by molar-refractivity contribution is 0.0949. The van der Waals surface area contributed by atoms with E-state index in [4.69, 9.17) is 16.3 Å². The van der Waals surface area contributed by atoms with Gasteiger partial charge in [-0.05, 0) is 49.1 Å². The number of anilines is 1. The summed E-state index contributed by atoms with van der Waals surface area (Å²) in [6.07, 6.45) is 4.93. The molecule has 1 aromatic carbocycles. The molecule has 0 bridgehead atoms. The average molecular weight is 360 g/mol. The van der Waals surface area contributed by atoms with Crippen LogP contribution >= 0.6 is 11.6 Å². The number of hydrogen-bond donors (Lipinski definition) is 2. The fourth-order valence-electron chi connectivity index (χ4n) is 2.73. The van der Waals surface area contributed by atoms with Gasteiger partial charge in [-0.15, -0.1) is 0 Å². The lowest BCUT2D eigenvalue weighted by Crippen LogP contribution is -2.26. The number of hydrogen-bond acceptors (Lipinski definition) is 4. The van der Waals surface area contributed by atoms with Gasteiger partial charge in [0.25, 0.3) is 5.91 Å². The molecule has 1 unspecified atom stereocenters. The van der Waals surface area contributed by atoms with Crippen molar-refractivity contribution in [1.29, 1.82) is 0 Å². The van der Waals surface area contributed by atoms with E-state index in [1.54, 1.807) is 12.3 Å². The number of benzene rings is 1. The van der Waals surface area contributed by atoms with E-state index in [0.29, 0.717) is 17.3 Å². The highest BCUT2D eigenvalue weighted by Gasteiger charge is 2.15. The summed E-state index contributed by atoms with van der Waals surface area (Å²) in [6, 6.07) is 11.2. The van der Waals surface area contributed by atoms with Gasteiger partial charge >= 0.3 is 0 Å². The third kappa shape index (κ3) is 5.44. The number of halogens is 1. The number of ether oxygens (including phenoxy) is 1. The Hall–Kier alpha value is -2.11. The fourth-order valence-corrected chi connectivity index (χ4v) is 2.86. The van der Waals surface area contributed by atoms with Crippen LogP contribution in [-0.2, 0) is 11.2 Å². The van der Waals surface area contributed by atoms with E-state index in [2.05, 4.69) is 15.6 Å². The van der Waals surface area contributed by atoms with E-state index >= 15 is 0 Å². The van der Waals surface area contributed by atoms with E-state index in [1.165, 1.54) is 0 Å². The zero-order chi connectivity index (χ0) is 17.5. The number of aromatic nitrogens is 1. The van der Waals surface area contributed by atoms with Crippen LogP contribution in [0.25, 0.3) is 0 Å². The summed E-state index contributed by atoms with van der Waals surface area (Å²) in [5.74, 6) is -0.167. The molecule has 5 nitrogen and oxygen atoms in total. The van der Waals surface area contributed by atoms with Gasteiger partial charge in [-0.3, -0.25) is 4.79 Å². The zero-order valence-corrected chi connectivity index (χ0v) is 14.8. The van der Waals surface area contributed by atoms with Gasteiger partial charge in [0.1, 0.15) is 5.69 Å². The zero-order valence-electron chi connectivity index (χ0n) is 14.0. The second kappa shape index (κ2) is 8.83. The van der Waals surface area contributed by atoms with Crippen molar-refractivity contribution in [3.05, 3.63) is 58.9 Å². The number of rotatable bonds is 7. The molecule has 1 atom stereocenters. The van der Waals surface area contributed by atoms with Crippen molar-refractivity contribution in [3.63, 3.8) is 0 Å². The first kappa shape index (κ1) is 17.7. The Morgan fingerprint density at radius 1 is 1.24 bits per heavy atom. The smallest absolute Gasteiger partial charge is 0.269 e. The van der Waals surface area contributed by atoms with Gasteiger partial charge in [-0.2, -0.15) is 0 Å². The summed E-state index contributed by atoms with van der Waals surface area (Å²) in [5, 5.41) is 6.89. The number of pyridine rings is 1. The van der Waals surface area contributed by atoms with Gasteiger partial charge in [0.15, 0.2) is 0 Å². The van der Waals surface area contributed by atoms with E-state index in [1.807, 2.05) is 30.3 Å². The summed E-state index contributed by atoms with van der Waals surface area (Å²) in [5.41, 5.74) is 2.44. The molecule has 1 aromatic heterocycles. The van der Waals surface area contributed by atoms with Crippen LogP contribution in [0.1, 0.15) is 28.9 Å². The minimum absolute atomic E-state index is 0.167. The van der Waals surface area contributed by atoms with E-state index in [-0.39, 0.29) is 12.0 Å². The first-order valence-corrected chi connectivity index (χ1v) is 8.93. The Labute approximate surface area is 152 Å². The molecule has 1 saturated heterocycles. The van der Waals surface area contributed by atoms with Gasteiger partial charge in [0.2, 0.25) is 0 Å². The lowest BCUT2D eigenvalue weighted by Gasteiger charge is -2.12. The second-order valence-corrected chi connectivity index (χ2v) is 6.52. The number of carbonyl (C=O) groups is 1. The monoisotopic (exact) mass is 359 g/mol. The molecule has 2 aromatic rings. The van der Waals surface area contributed by atoms with Crippen molar-refractivity contribution >= 4 is 23.2 Å². The van der Waals surface area contributed by atoms with E-state index < -0.39 is 0 Å². The summed E-state index contributed by atoms with van der Waals surface area (Å²) in [6.45, 7) is 2.18. The molecule has 0 aliphatic carbocycles. The maximum atomic E-state index is 12.1. The number of nitrogens with zero attached hydrogens (tertiary/aromatic N) is 1. The van der Waals surface area contributed by atoms with Gasteiger partial charge in [-0.25, -0.2) is 4.98 Å². The summed E-state index contributed by atoms with van der Waals surface area (Å²) < 4.78 is 5.57. The van der Waals surface area contributed by atoms with Crippen LogP contribution in [0.2, 0.25) is 5.02 Å². The number of amides is 1. The van der Waals surface area contributed by atoms with Gasteiger partial charge in [0.05, 0.1) is 18.0 Å². The topological polar surface area (TPSA) is 63.2 Å². The number of carbonyl (C=O) groups excluding carboxylic acids is 1. The van der Waals surface area contributed by atoms with Crippen molar-refractivity contribution in [2.75, 3.05) is 25.0 Å². The Balaban J connectivity index is 1.42. The molecule has 2 N–H and O–H groups in total. The van der Waals surface area contributed by atoms with Crippen molar-refractivity contribution in [2.24, 2.45) is 0 Å². The molecular formula is C19H22ClN3O2. The molecule has 1 amide bonds. The molecule has 6 heteroatoms. The Kier molecular flexibility index (Phi) is 6.25. The third-order valence-electron chi connectivity index (χ3n) is 4.17. The maximum absolute atomic E-state index is 12.1. The normalized spacial score (nSPS) is 16.6. The molecule has 1 aliphatic heterocycles. The van der Waals surface area contributed by atoms with Crippen molar-refractivity contribution in [3.8, 4) is 0 Å². The largest absolute Gasteiger partial charge is 0.381 e. The molecule has 1 fully saturated rings. The minimum atomic E-state index is -0.167. The van der Waals surface area contributed by atoms with Crippen LogP contribution < -0.4 is 10.6 Å². The lowest BCUT2D eigenvalue weighted by atomic mass is 10.1. The van der Waals surface area contributed by atoms with Gasteiger partial charge < -0.3 is 15.4 Å². The molecular weight excluding hydrogens is 338 g/mol. The first-order chi connectivity index (χ1) is 12.2. The highest BCUT2D eigenvalue weighted by Crippen LogP contribution is 2.14. The van der Waals surface area contributed by atoms with Crippen molar-refractivity contribution < 1.29 is 9.53 Å². The van der Waals surface area contributed by atoms with Gasteiger partial charge in [0, 0.05) is 24.7 Å². The predicted molar refractivity (Wildman–Crippen MR) is 99.2 cm³/mol. The molecule has 0 radical (unpaired) electrons. The fraction of sp³-hybridized carbons (Fsp3) is 0.368. The molecule has 25 heavy (non-hydrogen) atoms. The van der Waals surface area contributed by atoms with Crippen LogP contribution in [0.4, 0.5) is 5.69 Å². The summed E-state index contributed by atoms with van der Waals surface area (Å²) in [4.78, 5) is 16.4. The molecule has 3 rings (SSSR count). The average Bonchev–Trinajstić information content (AvgIpc) is 3.15. The minimum Gasteiger partial charge on any atom is -0.381 e. The van der Waals surface area contributed by atoms with Crippen LogP contribution in [0, 0.1) is 0 Å². The first-order valence-electron chi connectivity index (χ1n) is 8.55. The van der Waals surface area contributed by atoms with Crippen LogP contribution in [-0.4, -0.2) is 36.7 Å². The summed E-state index contributed by atoms with van der Waals surface area (Å²) >= 11 is 5.86. The molecule has 1 aliphatic rings. The quantitative estimate of drug-likeness (QED) is 0.796. The molecule has 132 valence electrons. The Morgan fingerprint density at radius 3 is 2.76 bits per heavy atom. The Morgan fingerprint density at radius 2 is 2.08 bits per heavy atom. The second-order valence-electron chi connectivity index (χ2n) is 6.08. The Bertz CT molecular complexity index is 683. The van der Waals surface area contributed by atoms with Gasteiger partial charge in [-0.1, -0.05) is 23.7 Å². The van der Waals surface area contributed by atoms with Crippen molar-refractivity contribution in [2.45, 2.75) is 25.4 Å². The summed E-state index contributed by atoms with van der Waals surface area (Å²) in [7, 11) is 0. The van der Waals surface area contributed by atoms with Crippen LogP contribution in [0.15, 0.2) is 42.6 Å². The number of nitrogens with one attached hydrogen (secondary N) is 2.